The molecule has 0 fully saturated rings. The first-order valence-corrected chi connectivity index (χ1v) is 9.12. The van der Waals surface area contributed by atoms with Crippen LogP contribution in [0.2, 0.25) is 5.02 Å². The number of amides is 1. The van der Waals surface area contributed by atoms with Crippen LogP contribution in [-0.4, -0.2) is 14.3 Å². The highest BCUT2D eigenvalue weighted by Crippen LogP contribution is 2.26. The Morgan fingerprint density at radius 1 is 1.09 bits per heavy atom. The Bertz CT molecular complexity index is 848. The summed E-state index contributed by atoms with van der Waals surface area (Å²) < 4.78 is 27.1. The zero-order valence-corrected chi connectivity index (χ0v) is 13.7. The predicted molar refractivity (Wildman–Crippen MR) is 91.1 cm³/mol. The second-order valence-corrected chi connectivity index (χ2v) is 7.57. The average molecular weight is 351 g/mol. The largest absolute Gasteiger partial charge is 0.326 e. The van der Waals surface area contributed by atoms with Crippen LogP contribution in [0.4, 0.5) is 11.4 Å². The Labute approximate surface area is 139 Å². The highest BCUT2D eigenvalue weighted by molar-refractivity contribution is 7.91. The molecule has 0 unspecified atom stereocenters. The lowest BCUT2D eigenvalue weighted by molar-refractivity contribution is -0.116. The van der Waals surface area contributed by atoms with E-state index in [0.717, 1.165) is 11.3 Å². The fourth-order valence-electron chi connectivity index (χ4n) is 2.46. The van der Waals surface area contributed by atoms with Crippen LogP contribution < -0.4 is 10.0 Å². The van der Waals surface area contributed by atoms with E-state index in [0.29, 0.717) is 29.1 Å². The number of carbonyl (C=O) groups is 1. The van der Waals surface area contributed by atoms with Gasteiger partial charge >= 0.3 is 0 Å². The van der Waals surface area contributed by atoms with Crippen LogP contribution >= 0.6 is 11.6 Å². The summed E-state index contributed by atoms with van der Waals surface area (Å²) >= 11 is 5.80. The third kappa shape index (κ3) is 4.03. The van der Waals surface area contributed by atoms with Crippen molar-refractivity contribution < 1.29 is 13.2 Å². The molecule has 0 atom stereocenters. The van der Waals surface area contributed by atoms with Crippen molar-refractivity contribution in [2.75, 3.05) is 10.0 Å². The summed E-state index contributed by atoms with van der Waals surface area (Å²) in [5.74, 6) is -0.147. The average Bonchev–Trinajstić information content (AvgIpc) is 2.49. The number of sulfonamides is 1. The third-order valence-electron chi connectivity index (χ3n) is 3.54. The van der Waals surface area contributed by atoms with Crippen LogP contribution in [0.15, 0.2) is 42.5 Å². The normalized spacial score (nSPS) is 14.0. The molecule has 0 saturated heterocycles. The summed E-state index contributed by atoms with van der Waals surface area (Å²) in [6.07, 6.45) is 1.02. The Balaban J connectivity index is 1.75. The van der Waals surface area contributed by atoms with E-state index in [-0.39, 0.29) is 11.7 Å². The number of hydrogen-bond acceptors (Lipinski definition) is 3. The lowest BCUT2D eigenvalue weighted by atomic mass is 10.0. The zero-order valence-electron chi connectivity index (χ0n) is 12.2. The maximum atomic E-state index is 12.3. The number of nitrogens with one attached hydrogen (secondary N) is 2. The molecule has 1 amide bonds. The van der Waals surface area contributed by atoms with Crippen molar-refractivity contribution >= 4 is 38.9 Å². The molecule has 2 aromatic rings. The highest BCUT2D eigenvalue weighted by atomic mass is 35.5. The molecule has 1 aliphatic heterocycles. The van der Waals surface area contributed by atoms with E-state index in [1.807, 2.05) is 0 Å². The number of carbonyl (C=O) groups excluding carboxylic acids is 1. The Morgan fingerprint density at radius 3 is 2.57 bits per heavy atom. The van der Waals surface area contributed by atoms with Crippen molar-refractivity contribution in [2.45, 2.75) is 18.6 Å². The van der Waals surface area contributed by atoms with Crippen molar-refractivity contribution in [3.63, 3.8) is 0 Å². The van der Waals surface area contributed by atoms with Gasteiger partial charge in [0.25, 0.3) is 0 Å². The van der Waals surface area contributed by atoms with E-state index < -0.39 is 10.0 Å². The SMILES string of the molecule is O=C1CCc2cc(NS(=O)(=O)Cc3ccc(Cl)cc3)ccc2N1. The van der Waals surface area contributed by atoms with Gasteiger partial charge in [0.2, 0.25) is 15.9 Å². The van der Waals surface area contributed by atoms with Gasteiger partial charge in [0.1, 0.15) is 0 Å². The van der Waals surface area contributed by atoms with E-state index >= 15 is 0 Å². The lowest BCUT2D eigenvalue weighted by Gasteiger charge is -2.18. The number of hydrogen-bond donors (Lipinski definition) is 2. The quantitative estimate of drug-likeness (QED) is 0.889. The molecular formula is C16H15ClN2O3S. The summed E-state index contributed by atoms with van der Waals surface area (Å²) in [7, 11) is -3.52. The molecule has 0 radical (unpaired) electrons. The van der Waals surface area contributed by atoms with Gasteiger partial charge in [-0.15, -0.1) is 0 Å². The van der Waals surface area contributed by atoms with Crippen molar-refractivity contribution in [2.24, 2.45) is 0 Å². The van der Waals surface area contributed by atoms with Gasteiger partial charge in [-0.25, -0.2) is 8.42 Å². The minimum absolute atomic E-state index is 0.0198. The monoisotopic (exact) mass is 350 g/mol. The molecule has 0 saturated carbocycles. The van der Waals surface area contributed by atoms with Gasteiger partial charge in [0.05, 0.1) is 5.75 Å². The lowest BCUT2D eigenvalue weighted by Crippen LogP contribution is -2.20. The second-order valence-electron chi connectivity index (χ2n) is 5.41. The summed E-state index contributed by atoms with van der Waals surface area (Å²) in [5.41, 5.74) is 2.82. The van der Waals surface area contributed by atoms with Crippen LogP contribution in [0.1, 0.15) is 17.5 Å². The zero-order chi connectivity index (χ0) is 16.4. The van der Waals surface area contributed by atoms with Gasteiger partial charge in [0.15, 0.2) is 0 Å². The Hall–Kier alpha value is -2.05. The highest BCUT2D eigenvalue weighted by Gasteiger charge is 2.17. The third-order valence-corrected chi connectivity index (χ3v) is 5.06. The van der Waals surface area contributed by atoms with Crippen LogP contribution in [-0.2, 0) is 27.0 Å². The van der Waals surface area contributed by atoms with Crippen molar-refractivity contribution in [1.82, 2.24) is 0 Å². The molecule has 2 aromatic carbocycles. The maximum Gasteiger partial charge on any atom is 0.236 e. The molecular weight excluding hydrogens is 336 g/mol. The van der Waals surface area contributed by atoms with Gasteiger partial charge in [-0.1, -0.05) is 23.7 Å². The number of aryl methyl sites for hydroxylation is 1. The molecule has 3 rings (SSSR count). The van der Waals surface area contributed by atoms with Crippen molar-refractivity contribution in [1.29, 1.82) is 0 Å². The molecule has 1 heterocycles. The Morgan fingerprint density at radius 2 is 1.83 bits per heavy atom. The summed E-state index contributed by atoms with van der Waals surface area (Å²) in [5, 5.41) is 3.33. The molecule has 0 aromatic heterocycles. The van der Waals surface area contributed by atoms with E-state index in [2.05, 4.69) is 10.0 Å². The first-order valence-electron chi connectivity index (χ1n) is 7.09. The second kappa shape index (κ2) is 6.22. The first-order chi connectivity index (χ1) is 10.9. The molecule has 5 nitrogen and oxygen atoms in total. The molecule has 0 spiro atoms. The number of halogens is 1. The molecule has 0 aliphatic carbocycles. The molecule has 120 valence electrons. The summed E-state index contributed by atoms with van der Waals surface area (Å²) in [4.78, 5) is 11.3. The van der Waals surface area contributed by atoms with Gasteiger partial charge in [0, 0.05) is 22.8 Å². The van der Waals surface area contributed by atoms with Gasteiger partial charge in [-0.2, -0.15) is 0 Å². The number of anilines is 2. The van der Waals surface area contributed by atoms with Crippen LogP contribution in [0, 0.1) is 0 Å². The van der Waals surface area contributed by atoms with Crippen molar-refractivity contribution in [3.8, 4) is 0 Å². The van der Waals surface area contributed by atoms with Crippen LogP contribution in [0.3, 0.4) is 0 Å². The number of fused-ring (bicyclic) bond motifs is 1. The molecule has 23 heavy (non-hydrogen) atoms. The minimum Gasteiger partial charge on any atom is -0.326 e. The van der Waals surface area contributed by atoms with E-state index in [1.54, 1.807) is 42.5 Å². The van der Waals surface area contributed by atoms with E-state index in [1.165, 1.54) is 0 Å². The summed E-state index contributed by atoms with van der Waals surface area (Å²) in [6, 6.07) is 11.8. The first kappa shape index (κ1) is 15.8. The fraction of sp³-hybridized carbons (Fsp3) is 0.188. The van der Waals surface area contributed by atoms with Crippen molar-refractivity contribution in [3.05, 3.63) is 58.6 Å². The standard InChI is InChI=1S/C16H15ClN2O3S/c17-13-4-1-11(2-5-13)10-23(21,22)19-14-6-7-15-12(9-14)3-8-16(20)18-15/h1-2,4-7,9,19H,3,8,10H2,(H,18,20). The van der Waals surface area contributed by atoms with Crippen LogP contribution in [0.25, 0.3) is 0 Å². The van der Waals surface area contributed by atoms with Gasteiger partial charge < -0.3 is 5.32 Å². The Kier molecular flexibility index (Phi) is 4.28. The maximum absolute atomic E-state index is 12.3. The fourth-order valence-corrected chi connectivity index (χ4v) is 3.78. The molecule has 0 bridgehead atoms. The van der Waals surface area contributed by atoms with E-state index in [4.69, 9.17) is 11.6 Å². The summed E-state index contributed by atoms with van der Waals surface area (Å²) in [6.45, 7) is 0. The number of benzene rings is 2. The molecule has 7 heteroatoms. The van der Waals surface area contributed by atoms with E-state index in [9.17, 15) is 13.2 Å². The topological polar surface area (TPSA) is 75.3 Å². The van der Waals surface area contributed by atoms with Crippen LogP contribution in [0.5, 0.6) is 0 Å². The molecule has 1 aliphatic rings. The predicted octanol–water partition coefficient (Wildman–Crippen LogP) is 3.17. The number of rotatable bonds is 4. The van der Waals surface area contributed by atoms with Gasteiger partial charge in [-0.3, -0.25) is 9.52 Å². The molecule has 2 N–H and O–H groups in total. The minimum atomic E-state index is -3.52. The van der Waals surface area contributed by atoms with Gasteiger partial charge in [-0.05, 0) is 47.9 Å². The smallest absolute Gasteiger partial charge is 0.236 e.